The summed E-state index contributed by atoms with van der Waals surface area (Å²) in [6.07, 6.45) is 2.37. The molecular weight excluding hydrogens is 350 g/mol. The van der Waals surface area contributed by atoms with Crippen LogP contribution in [0.4, 0.5) is 20.2 Å². The van der Waals surface area contributed by atoms with Gasteiger partial charge in [0.2, 0.25) is 0 Å². The molecule has 2 rings (SSSR count). The summed E-state index contributed by atoms with van der Waals surface area (Å²) in [6.45, 7) is -0.695. The van der Waals surface area contributed by atoms with E-state index in [1.54, 1.807) is 0 Å². The summed E-state index contributed by atoms with van der Waals surface area (Å²) in [7, 11) is 0. The Hall–Kier alpha value is -3.62. The van der Waals surface area contributed by atoms with Crippen LogP contribution in [0.3, 0.4) is 0 Å². The molecule has 0 aliphatic rings. The van der Waals surface area contributed by atoms with Crippen molar-refractivity contribution in [3.8, 4) is 0 Å². The molecule has 0 radical (unpaired) electrons. The van der Waals surface area contributed by atoms with E-state index in [0.717, 1.165) is 24.3 Å². The smallest absolute Gasteiger partial charge is 0.331 e. The van der Waals surface area contributed by atoms with E-state index < -0.39 is 35.0 Å². The van der Waals surface area contributed by atoms with Crippen molar-refractivity contribution in [3.63, 3.8) is 0 Å². The van der Waals surface area contributed by atoms with Crippen LogP contribution in [0, 0.1) is 21.7 Å². The van der Waals surface area contributed by atoms with Crippen LogP contribution in [-0.2, 0) is 14.3 Å². The van der Waals surface area contributed by atoms with Crippen LogP contribution in [0.2, 0.25) is 0 Å². The number of carbonyl (C=O) groups is 2. The van der Waals surface area contributed by atoms with E-state index in [0.29, 0.717) is 5.56 Å². The minimum Gasteiger partial charge on any atom is -0.452 e. The van der Waals surface area contributed by atoms with Crippen molar-refractivity contribution in [2.45, 2.75) is 0 Å². The summed E-state index contributed by atoms with van der Waals surface area (Å²) in [5.41, 5.74) is 0.0530. The first-order valence-electron chi connectivity index (χ1n) is 7.19. The number of hydrogen-bond acceptors (Lipinski definition) is 5. The van der Waals surface area contributed by atoms with Gasteiger partial charge in [-0.3, -0.25) is 14.9 Å². The predicted molar refractivity (Wildman–Crippen MR) is 88.1 cm³/mol. The Morgan fingerprint density at radius 2 is 1.85 bits per heavy atom. The zero-order valence-electron chi connectivity index (χ0n) is 13.1. The normalized spacial score (nSPS) is 10.5. The van der Waals surface area contributed by atoms with Crippen LogP contribution >= 0.6 is 0 Å². The molecule has 1 amide bonds. The summed E-state index contributed by atoms with van der Waals surface area (Å²) in [5, 5.41) is 12.6. The van der Waals surface area contributed by atoms with Gasteiger partial charge in [0.15, 0.2) is 6.61 Å². The Labute approximate surface area is 146 Å². The molecule has 0 saturated heterocycles. The summed E-state index contributed by atoms with van der Waals surface area (Å²) in [5.74, 6) is -3.25. The maximum Gasteiger partial charge on any atom is 0.331 e. The zero-order chi connectivity index (χ0) is 19.1. The Balaban J connectivity index is 1.84. The van der Waals surface area contributed by atoms with Crippen molar-refractivity contribution in [3.05, 3.63) is 75.9 Å². The molecule has 2 aromatic carbocycles. The lowest BCUT2D eigenvalue weighted by atomic mass is 10.2. The SMILES string of the molecule is O=C(COC(=O)/C=C/c1ccc([N+](=O)[O-])cc1)Nc1cc(F)ccc1F. The predicted octanol–water partition coefficient (Wildman–Crippen LogP) is 3.07. The molecule has 0 atom stereocenters. The number of esters is 1. The van der Waals surface area contributed by atoms with Gasteiger partial charge in [0.25, 0.3) is 11.6 Å². The van der Waals surface area contributed by atoms with Crippen molar-refractivity contribution in [1.82, 2.24) is 0 Å². The standard InChI is InChI=1S/C17H12F2N2O5/c18-12-4-7-14(19)15(9-12)20-16(22)10-26-17(23)8-3-11-1-5-13(6-2-11)21(24)25/h1-9H,10H2,(H,20,22)/b8-3+. The van der Waals surface area contributed by atoms with Crippen molar-refractivity contribution in [2.24, 2.45) is 0 Å². The monoisotopic (exact) mass is 362 g/mol. The third kappa shape index (κ3) is 5.48. The second-order valence-electron chi connectivity index (χ2n) is 4.96. The molecule has 0 aliphatic carbocycles. The highest BCUT2D eigenvalue weighted by Gasteiger charge is 2.10. The lowest BCUT2D eigenvalue weighted by Gasteiger charge is -2.06. The molecule has 9 heteroatoms. The van der Waals surface area contributed by atoms with E-state index in [2.05, 4.69) is 10.1 Å². The number of halogens is 2. The highest BCUT2D eigenvalue weighted by atomic mass is 19.1. The third-order valence-corrected chi connectivity index (χ3v) is 3.06. The molecule has 0 fully saturated rings. The zero-order valence-corrected chi connectivity index (χ0v) is 13.1. The highest BCUT2D eigenvalue weighted by Crippen LogP contribution is 2.15. The number of nitrogens with one attached hydrogen (secondary N) is 1. The van der Waals surface area contributed by atoms with Gasteiger partial charge in [-0.1, -0.05) is 0 Å². The van der Waals surface area contributed by atoms with Crippen molar-refractivity contribution in [2.75, 3.05) is 11.9 Å². The summed E-state index contributed by atoms with van der Waals surface area (Å²) < 4.78 is 31.0. The summed E-state index contributed by atoms with van der Waals surface area (Å²) in [6, 6.07) is 7.95. The third-order valence-electron chi connectivity index (χ3n) is 3.06. The second-order valence-corrected chi connectivity index (χ2v) is 4.96. The van der Waals surface area contributed by atoms with Crippen LogP contribution in [0.1, 0.15) is 5.56 Å². The van der Waals surface area contributed by atoms with Gasteiger partial charge in [0.1, 0.15) is 11.6 Å². The van der Waals surface area contributed by atoms with E-state index in [4.69, 9.17) is 0 Å². The molecule has 0 spiro atoms. The van der Waals surface area contributed by atoms with Gasteiger partial charge in [0.05, 0.1) is 10.6 Å². The molecule has 0 saturated carbocycles. The Morgan fingerprint density at radius 1 is 1.15 bits per heavy atom. The first-order valence-corrected chi connectivity index (χ1v) is 7.19. The minimum atomic E-state index is -0.849. The molecule has 0 aromatic heterocycles. The number of anilines is 1. The van der Waals surface area contributed by atoms with Gasteiger partial charge in [-0.15, -0.1) is 0 Å². The summed E-state index contributed by atoms with van der Waals surface area (Å²) in [4.78, 5) is 33.1. The number of benzene rings is 2. The summed E-state index contributed by atoms with van der Waals surface area (Å²) >= 11 is 0. The maximum atomic E-state index is 13.4. The van der Waals surface area contributed by atoms with Gasteiger partial charge >= 0.3 is 5.97 Å². The number of rotatable bonds is 6. The number of nitro benzene ring substituents is 1. The fraction of sp³-hybridized carbons (Fsp3) is 0.0588. The van der Waals surface area contributed by atoms with E-state index in [1.165, 1.54) is 30.3 Å². The number of amides is 1. The molecule has 2 aromatic rings. The first kappa shape index (κ1) is 18.7. The number of carbonyl (C=O) groups excluding carboxylic acids is 2. The van der Waals surface area contributed by atoms with Gasteiger partial charge < -0.3 is 10.1 Å². The van der Waals surface area contributed by atoms with Crippen molar-refractivity contribution >= 4 is 29.3 Å². The quantitative estimate of drug-likeness (QED) is 0.369. The molecule has 1 N–H and O–H groups in total. The number of hydrogen-bond donors (Lipinski definition) is 1. The number of non-ortho nitro benzene ring substituents is 1. The average molecular weight is 362 g/mol. The topological polar surface area (TPSA) is 98.5 Å². The van der Waals surface area contributed by atoms with Crippen molar-refractivity contribution < 1.29 is 28.0 Å². The molecule has 0 bridgehead atoms. The Kier molecular flexibility index (Phi) is 6.10. The highest BCUT2D eigenvalue weighted by molar-refractivity contribution is 5.94. The van der Waals surface area contributed by atoms with E-state index >= 15 is 0 Å². The molecule has 7 nitrogen and oxygen atoms in total. The average Bonchev–Trinajstić information content (AvgIpc) is 2.61. The Bertz CT molecular complexity index is 866. The van der Waals surface area contributed by atoms with E-state index in [1.807, 2.05) is 0 Å². The van der Waals surface area contributed by atoms with E-state index in [-0.39, 0.29) is 11.4 Å². The van der Waals surface area contributed by atoms with Crippen LogP contribution in [0.25, 0.3) is 6.08 Å². The first-order chi connectivity index (χ1) is 12.3. The van der Waals surface area contributed by atoms with Crippen LogP contribution in [0.15, 0.2) is 48.5 Å². The number of ether oxygens (including phenoxy) is 1. The van der Waals surface area contributed by atoms with E-state index in [9.17, 15) is 28.5 Å². The second kappa shape index (κ2) is 8.47. The molecule has 134 valence electrons. The molecule has 26 heavy (non-hydrogen) atoms. The fourth-order valence-electron chi connectivity index (χ4n) is 1.84. The molecule has 0 unspecified atom stereocenters. The van der Waals surface area contributed by atoms with Crippen LogP contribution in [0.5, 0.6) is 0 Å². The molecule has 0 heterocycles. The Morgan fingerprint density at radius 3 is 2.50 bits per heavy atom. The van der Waals surface area contributed by atoms with Crippen LogP contribution < -0.4 is 5.32 Å². The van der Waals surface area contributed by atoms with Gasteiger partial charge in [0, 0.05) is 24.3 Å². The van der Waals surface area contributed by atoms with Gasteiger partial charge in [-0.05, 0) is 35.9 Å². The number of nitro groups is 1. The number of nitrogens with zero attached hydrogens (tertiary/aromatic N) is 1. The lowest BCUT2D eigenvalue weighted by molar-refractivity contribution is -0.384. The molecule has 0 aliphatic heterocycles. The minimum absolute atomic E-state index is 0.0917. The lowest BCUT2D eigenvalue weighted by Crippen LogP contribution is -2.20. The largest absolute Gasteiger partial charge is 0.452 e. The van der Waals surface area contributed by atoms with Crippen LogP contribution in [-0.4, -0.2) is 23.4 Å². The fourth-order valence-corrected chi connectivity index (χ4v) is 1.84. The van der Waals surface area contributed by atoms with Gasteiger partial charge in [-0.2, -0.15) is 0 Å². The molecular formula is C17H12F2N2O5. The van der Waals surface area contributed by atoms with Crippen molar-refractivity contribution in [1.29, 1.82) is 0 Å². The van der Waals surface area contributed by atoms with Gasteiger partial charge in [-0.25, -0.2) is 13.6 Å². The maximum absolute atomic E-state index is 13.4.